The van der Waals surface area contributed by atoms with Gasteiger partial charge in [0, 0.05) is 4.43 Å². The minimum Gasteiger partial charge on any atom is -0.414 e. The zero-order chi connectivity index (χ0) is 10.7. The SMILES string of the molecule is CC(C)(C)[Si](C)(C)OC[C@@H](O)CI. The van der Waals surface area contributed by atoms with Crippen LogP contribution in [0.2, 0.25) is 18.1 Å². The number of aliphatic hydroxyl groups excluding tert-OH is 1. The summed E-state index contributed by atoms with van der Waals surface area (Å²) in [7, 11) is -1.65. The molecule has 0 fully saturated rings. The highest BCUT2D eigenvalue weighted by molar-refractivity contribution is 14.1. The van der Waals surface area contributed by atoms with Crippen molar-refractivity contribution in [3.63, 3.8) is 0 Å². The van der Waals surface area contributed by atoms with Crippen LogP contribution in [-0.2, 0) is 4.43 Å². The third-order valence-electron chi connectivity index (χ3n) is 2.62. The lowest BCUT2D eigenvalue weighted by atomic mass is 10.2. The molecular weight excluding hydrogens is 295 g/mol. The molecule has 0 aromatic carbocycles. The van der Waals surface area contributed by atoms with Gasteiger partial charge in [0.15, 0.2) is 8.32 Å². The average molecular weight is 316 g/mol. The lowest BCUT2D eigenvalue weighted by Crippen LogP contribution is -2.42. The second-order valence-corrected chi connectivity index (χ2v) is 10.6. The van der Waals surface area contributed by atoms with Crippen LogP contribution in [0.1, 0.15) is 20.8 Å². The molecule has 0 aliphatic rings. The molecule has 0 heterocycles. The van der Waals surface area contributed by atoms with Gasteiger partial charge in [0.1, 0.15) is 0 Å². The average Bonchev–Trinajstić information content (AvgIpc) is 1.98. The predicted octanol–water partition coefficient (Wildman–Crippen LogP) is 2.80. The zero-order valence-electron chi connectivity index (χ0n) is 9.22. The van der Waals surface area contributed by atoms with E-state index < -0.39 is 8.32 Å². The number of alkyl halides is 1. The summed E-state index contributed by atoms with van der Waals surface area (Å²) >= 11 is 2.17. The van der Waals surface area contributed by atoms with E-state index in [4.69, 9.17) is 4.43 Å². The minimum atomic E-state index is -1.65. The van der Waals surface area contributed by atoms with Crippen LogP contribution in [0.3, 0.4) is 0 Å². The van der Waals surface area contributed by atoms with Crippen molar-refractivity contribution in [1.82, 2.24) is 0 Å². The van der Waals surface area contributed by atoms with Crippen LogP contribution < -0.4 is 0 Å². The first-order chi connectivity index (χ1) is 5.70. The van der Waals surface area contributed by atoms with E-state index in [2.05, 4.69) is 56.5 Å². The Morgan fingerprint density at radius 2 is 1.85 bits per heavy atom. The summed E-state index contributed by atoms with van der Waals surface area (Å²) in [5, 5.41) is 9.61. The second-order valence-electron chi connectivity index (χ2n) is 4.88. The maximum Gasteiger partial charge on any atom is 0.192 e. The Labute approximate surface area is 96.3 Å². The zero-order valence-corrected chi connectivity index (χ0v) is 12.4. The van der Waals surface area contributed by atoms with Crippen LogP contribution in [0.25, 0.3) is 0 Å². The number of hydrogen-bond donors (Lipinski definition) is 1. The van der Waals surface area contributed by atoms with Gasteiger partial charge in [-0.2, -0.15) is 0 Å². The Morgan fingerprint density at radius 3 is 2.15 bits per heavy atom. The third-order valence-corrected chi connectivity index (χ3v) is 8.14. The molecule has 0 amide bonds. The topological polar surface area (TPSA) is 29.5 Å². The van der Waals surface area contributed by atoms with Crippen molar-refractivity contribution in [2.45, 2.75) is 45.0 Å². The van der Waals surface area contributed by atoms with Crippen molar-refractivity contribution >= 4 is 30.9 Å². The fraction of sp³-hybridized carbons (Fsp3) is 1.00. The van der Waals surface area contributed by atoms with Gasteiger partial charge in [0.05, 0.1) is 12.7 Å². The number of halogens is 1. The molecule has 0 rings (SSSR count). The normalized spacial score (nSPS) is 15.9. The maximum absolute atomic E-state index is 9.38. The van der Waals surface area contributed by atoms with Crippen LogP contribution in [0.5, 0.6) is 0 Å². The first-order valence-electron chi connectivity index (χ1n) is 4.58. The Kier molecular flexibility index (Phi) is 5.43. The van der Waals surface area contributed by atoms with E-state index in [1.165, 1.54) is 0 Å². The molecule has 0 aliphatic carbocycles. The molecule has 0 spiro atoms. The second kappa shape index (κ2) is 5.09. The number of rotatable bonds is 4. The standard InChI is InChI=1S/C9H21IO2Si/c1-9(2,3)13(4,5)12-7-8(11)6-10/h8,11H,6-7H2,1-5H3/t8-/m0/s1. The van der Waals surface area contributed by atoms with Crippen molar-refractivity contribution in [3.05, 3.63) is 0 Å². The van der Waals surface area contributed by atoms with E-state index in [0.29, 0.717) is 6.61 Å². The lowest BCUT2D eigenvalue weighted by Gasteiger charge is -2.36. The van der Waals surface area contributed by atoms with E-state index in [9.17, 15) is 5.11 Å². The highest BCUT2D eigenvalue weighted by Crippen LogP contribution is 2.36. The van der Waals surface area contributed by atoms with Crippen molar-refractivity contribution in [2.24, 2.45) is 0 Å². The summed E-state index contributed by atoms with van der Waals surface area (Å²) in [5.74, 6) is 0. The van der Waals surface area contributed by atoms with E-state index in [0.717, 1.165) is 4.43 Å². The van der Waals surface area contributed by atoms with Crippen LogP contribution in [0.15, 0.2) is 0 Å². The fourth-order valence-corrected chi connectivity index (χ4v) is 1.86. The molecule has 1 atom stereocenters. The minimum absolute atomic E-state index is 0.234. The van der Waals surface area contributed by atoms with Crippen LogP contribution in [0, 0.1) is 0 Å². The Bertz CT molecular complexity index is 154. The van der Waals surface area contributed by atoms with Crippen LogP contribution in [-0.4, -0.2) is 30.6 Å². The summed E-state index contributed by atoms with van der Waals surface area (Å²) in [6.07, 6.45) is -0.310. The van der Waals surface area contributed by atoms with Gasteiger partial charge in [-0.3, -0.25) is 0 Å². The smallest absolute Gasteiger partial charge is 0.192 e. The Balaban J connectivity index is 4.04. The van der Waals surface area contributed by atoms with Crippen LogP contribution in [0.4, 0.5) is 0 Å². The van der Waals surface area contributed by atoms with Crippen molar-refractivity contribution in [3.8, 4) is 0 Å². The van der Waals surface area contributed by atoms with Crippen molar-refractivity contribution in [2.75, 3.05) is 11.0 Å². The summed E-state index contributed by atoms with van der Waals surface area (Å²) in [6, 6.07) is 0. The first-order valence-corrected chi connectivity index (χ1v) is 9.02. The molecule has 0 radical (unpaired) electrons. The molecule has 0 aromatic heterocycles. The molecule has 2 nitrogen and oxygen atoms in total. The first kappa shape index (κ1) is 13.9. The summed E-state index contributed by atoms with van der Waals surface area (Å²) in [4.78, 5) is 0. The van der Waals surface area contributed by atoms with E-state index in [-0.39, 0.29) is 11.1 Å². The molecule has 1 N–H and O–H groups in total. The molecular formula is C9H21IO2Si. The van der Waals surface area contributed by atoms with Gasteiger partial charge < -0.3 is 9.53 Å². The molecule has 80 valence electrons. The summed E-state index contributed by atoms with van der Waals surface area (Å²) in [5.41, 5.74) is 0. The largest absolute Gasteiger partial charge is 0.414 e. The van der Waals surface area contributed by atoms with Crippen LogP contribution >= 0.6 is 22.6 Å². The highest BCUT2D eigenvalue weighted by atomic mass is 127. The monoisotopic (exact) mass is 316 g/mol. The quantitative estimate of drug-likeness (QED) is 0.491. The van der Waals surface area contributed by atoms with E-state index >= 15 is 0 Å². The third kappa shape index (κ3) is 4.76. The molecule has 0 bridgehead atoms. The van der Waals surface area contributed by atoms with Gasteiger partial charge in [0.2, 0.25) is 0 Å². The van der Waals surface area contributed by atoms with Gasteiger partial charge in [-0.15, -0.1) is 0 Å². The number of hydrogen-bond acceptors (Lipinski definition) is 2. The van der Waals surface area contributed by atoms with Gasteiger partial charge in [-0.25, -0.2) is 0 Å². The molecule has 0 saturated carbocycles. The molecule has 0 unspecified atom stereocenters. The van der Waals surface area contributed by atoms with Crippen molar-refractivity contribution in [1.29, 1.82) is 0 Å². The molecule has 0 saturated heterocycles. The Morgan fingerprint density at radius 1 is 1.38 bits per heavy atom. The molecule has 4 heteroatoms. The fourth-order valence-electron chi connectivity index (χ4n) is 0.566. The molecule has 13 heavy (non-hydrogen) atoms. The maximum atomic E-state index is 9.38. The van der Waals surface area contributed by atoms with E-state index in [1.54, 1.807) is 0 Å². The van der Waals surface area contributed by atoms with Gasteiger partial charge >= 0.3 is 0 Å². The van der Waals surface area contributed by atoms with E-state index in [1.807, 2.05) is 0 Å². The molecule has 0 aromatic rings. The van der Waals surface area contributed by atoms with Gasteiger partial charge in [-0.05, 0) is 18.1 Å². The predicted molar refractivity (Wildman–Crippen MR) is 68.0 cm³/mol. The number of aliphatic hydroxyl groups is 1. The highest BCUT2D eigenvalue weighted by Gasteiger charge is 2.37. The summed E-state index contributed by atoms with van der Waals surface area (Å²) in [6.45, 7) is 11.5. The van der Waals surface area contributed by atoms with Gasteiger partial charge in [-0.1, -0.05) is 43.4 Å². The van der Waals surface area contributed by atoms with Gasteiger partial charge in [0.25, 0.3) is 0 Å². The Hall–Kier alpha value is 0.867. The summed E-state index contributed by atoms with van der Waals surface area (Å²) < 4.78 is 6.57. The molecule has 0 aliphatic heterocycles. The lowest BCUT2D eigenvalue weighted by molar-refractivity contribution is 0.120. The van der Waals surface area contributed by atoms with Crippen molar-refractivity contribution < 1.29 is 9.53 Å².